The summed E-state index contributed by atoms with van der Waals surface area (Å²) in [6.45, 7) is 11.2. The second-order valence-electron chi connectivity index (χ2n) is 6.39. The summed E-state index contributed by atoms with van der Waals surface area (Å²) >= 11 is 4.00. The molecule has 3 nitrogen and oxygen atoms in total. The van der Waals surface area contributed by atoms with Crippen molar-refractivity contribution in [1.29, 1.82) is 0 Å². The van der Waals surface area contributed by atoms with Crippen LogP contribution in [0.2, 0.25) is 0 Å². The molecule has 3 rings (SSSR count). The molecule has 0 unspecified atom stereocenters. The van der Waals surface area contributed by atoms with Gasteiger partial charge in [-0.1, -0.05) is 6.92 Å². The van der Waals surface area contributed by atoms with E-state index >= 15 is 0 Å². The molecule has 1 aromatic heterocycles. The summed E-state index contributed by atoms with van der Waals surface area (Å²) < 4.78 is 0.353. The quantitative estimate of drug-likeness (QED) is 0.901. The lowest BCUT2D eigenvalue weighted by Crippen LogP contribution is -2.43. The van der Waals surface area contributed by atoms with Crippen molar-refractivity contribution in [3.05, 3.63) is 10.6 Å². The van der Waals surface area contributed by atoms with E-state index in [-0.39, 0.29) is 0 Å². The van der Waals surface area contributed by atoms with Crippen molar-refractivity contribution in [3.8, 4) is 0 Å². The molecule has 0 atom stereocenters. The smallest absolute Gasteiger partial charge is 0.185 e. The highest BCUT2D eigenvalue weighted by atomic mass is 32.2. The fourth-order valence-corrected chi connectivity index (χ4v) is 4.96. The second-order valence-corrected chi connectivity index (χ2v) is 9.25. The van der Waals surface area contributed by atoms with Gasteiger partial charge in [0.1, 0.15) is 0 Å². The first-order valence-electron chi connectivity index (χ1n) is 7.68. The van der Waals surface area contributed by atoms with Crippen molar-refractivity contribution < 1.29 is 0 Å². The Morgan fingerprint density at radius 3 is 2.85 bits per heavy atom. The average molecular weight is 312 g/mol. The lowest BCUT2D eigenvalue weighted by Gasteiger charge is -2.37. The van der Waals surface area contributed by atoms with Gasteiger partial charge in [0.2, 0.25) is 0 Å². The van der Waals surface area contributed by atoms with Gasteiger partial charge in [-0.25, -0.2) is 4.98 Å². The number of hydrogen-bond donors (Lipinski definition) is 1. The minimum absolute atomic E-state index is 0.353. The molecule has 0 aromatic carbocycles. The van der Waals surface area contributed by atoms with E-state index in [9.17, 15) is 0 Å². The molecule has 20 heavy (non-hydrogen) atoms. The number of nitrogens with one attached hydrogen (secondary N) is 1. The van der Waals surface area contributed by atoms with Crippen LogP contribution in [-0.2, 0) is 6.54 Å². The Balaban J connectivity index is 1.78. The Morgan fingerprint density at radius 1 is 1.40 bits per heavy atom. The maximum absolute atomic E-state index is 5.01. The van der Waals surface area contributed by atoms with Gasteiger partial charge in [-0.2, -0.15) is 11.8 Å². The number of hydrogen-bond acceptors (Lipinski definition) is 5. The topological polar surface area (TPSA) is 28.2 Å². The molecule has 0 bridgehead atoms. The minimum Gasteiger partial charge on any atom is -0.346 e. The zero-order valence-electron chi connectivity index (χ0n) is 12.7. The van der Waals surface area contributed by atoms with Crippen molar-refractivity contribution in [2.75, 3.05) is 30.3 Å². The van der Waals surface area contributed by atoms with Gasteiger partial charge in [0.05, 0.1) is 5.69 Å². The second kappa shape index (κ2) is 5.85. The highest BCUT2D eigenvalue weighted by molar-refractivity contribution is 8.00. The van der Waals surface area contributed by atoms with E-state index in [0.717, 1.165) is 32.1 Å². The standard InChI is InChI=1S/C15H25N3S2/c1-4-16-9-12-13(11-5-6-11)17-14(20-12)18-7-8-19-15(2,3)10-18/h11,16H,4-10H2,1-3H3. The van der Waals surface area contributed by atoms with Crippen LogP contribution in [0.1, 0.15) is 50.1 Å². The molecular weight excluding hydrogens is 286 g/mol. The maximum Gasteiger partial charge on any atom is 0.185 e. The molecule has 1 aromatic rings. The van der Waals surface area contributed by atoms with Gasteiger partial charge in [0, 0.05) is 40.9 Å². The average Bonchev–Trinajstić information content (AvgIpc) is 3.15. The number of aromatic nitrogens is 1. The van der Waals surface area contributed by atoms with Crippen LogP contribution in [0, 0.1) is 0 Å². The van der Waals surface area contributed by atoms with E-state index < -0.39 is 0 Å². The molecule has 112 valence electrons. The zero-order valence-corrected chi connectivity index (χ0v) is 14.4. The molecule has 1 aliphatic carbocycles. The van der Waals surface area contributed by atoms with E-state index in [4.69, 9.17) is 4.98 Å². The fraction of sp³-hybridized carbons (Fsp3) is 0.800. The molecule has 0 amide bonds. The summed E-state index contributed by atoms with van der Waals surface area (Å²) in [5, 5.41) is 4.73. The van der Waals surface area contributed by atoms with Crippen LogP contribution in [-0.4, -0.2) is 35.1 Å². The molecule has 1 N–H and O–H groups in total. The van der Waals surface area contributed by atoms with Crippen molar-refractivity contribution >= 4 is 28.2 Å². The van der Waals surface area contributed by atoms with Crippen molar-refractivity contribution in [3.63, 3.8) is 0 Å². The molecular formula is C15H25N3S2. The number of rotatable bonds is 5. The summed E-state index contributed by atoms with van der Waals surface area (Å²) in [5.41, 5.74) is 1.39. The van der Waals surface area contributed by atoms with E-state index in [2.05, 4.69) is 42.7 Å². The Labute approximate surface area is 130 Å². The first-order valence-corrected chi connectivity index (χ1v) is 9.48. The van der Waals surface area contributed by atoms with Gasteiger partial charge in [0.15, 0.2) is 5.13 Å². The molecule has 0 radical (unpaired) electrons. The molecule has 0 spiro atoms. The van der Waals surface area contributed by atoms with E-state index in [1.165, 1.54) is 34.3 Å². The van der Waals surface area contributed by atoms with E-state index in [1.807, 2.05) is 11.3 Å². The summed E-state index contributed by atoms with van der Waals surface area (Å²) in [5.74, 6) is 1.97. The van der Waals surface area contributed by atoms with Crippen LogP contribution in [0.3, 0.4) is 0 Å². The fourth-order valence-electron chi connectivity index (χ4n) is 2.71. The van der Waals surface area contributed by atoms with Crippen LogP contribution < -0.4 is 10.2 Å². The third-order valence-electron chi connectivity index (χ3n) is 3.91. The third kappa shape index (κ3) is 3.31. The van der Waals surface area contributed by atoms with E-state index in [1.54, 1.807) is 0 Å². The molecule has 2 aliphatic rings. The van der Waals surface area contributed by atoms with Gasteiger partial charge >= 0.3 is 0 Å². The highest BCUT2D eigenvalue weighted by Crippen LogP contribution is 2.45. The predicted molar refractivity (Wildman–Crippen MR) is 90.2 cm³/mol. The number of nitrogens with zero attached hydrogens (tertiary/aromatic N) is 2. The van der Waals surface area contributed by atoms with Crippen LogP contribution in [0.25, 0.3) is 0 Å². The van der Waals surface area contributed by atoms with E-state index in [0.29, 0.717) is 4.75 Å². The largest absolute Gasteiger partial charge is 0.346 e. The van der Waals surface area contributed by atoms with Gasteiger partial charge in [0.25, 0.3) is 0 Å². The number of thioether (sulfide) groups is 1. The Kier molecular flexibility index (Phi) is 4.29. The van der Waals surface area contributed by atoms with Crippen molar-refractivity contribution in [2.45, 2.75) is 50.8 Å². The number of anilines is 1. The first-order chi connectivity index (χ1) is 9.59. The number of thiazole rings is 1. The summed E-state index contributed by atoms with van der Waals surface area (Å²) in [6.07, 6.45) is 2.67. The third-order valence-corrected chi connectivity index (χ3v) is 6.34. The minimum atomic E-state index is 0.353. The zero-order chi connectivity index (χ0) is 14.2. The molecule has 1 saturated carbocycles. The van der Waals surface area contributed by atoms with Crippen LogP contribution >= 0.6 is 23.1 Å². The Bertz CT molecular complexity index is 466. The van der Waals surface area contributed by atoms with Crippen LogP contribution in [0.5, 0.6) is 0 Å². The molecule has 2 fully saturated rings. The monoisotopic (exact) mass is 311 g/mol. The maximum atomic E-state index is 5.01. The molecule has 1 aliphatic heterocycles. The summed E-state index contributed by atoms with van der Waals surface area (Å²) in [6, 6.07) is 0. The molecule has 2 heterocycles. The normalized spacial score (nSPS) is 22.2. The van der Waals surface area contributed by atoms with Crippen molar-refractivity contribution in [1.82, 2.24) is 10.3 Å². The van der Waals surface area contributed by atoms with Crippen LogP contribution in [0.15, 0.2) is 0 Å². The Morgan fingerprint density at radius 2 is 2.20 bits per heavy atom. The highest BCUT2D eigenvalue weighted by Gasteiger charge is 2.33. The summed E-state index contributed by atoms with van der Waals surface area (Å²) in [4.78, 5) is 8.98. The van der Waals surface area contributed by atoms with Gasteiger partial charge in [-0.3, -0.25) is 0 Å². The van der Waals surface area contributed by atoms with Crippen molar-refractivity contribution in [2.24, 2.45) is 0 Å². The SMILES string of the molecule is CCNCc1sc(N2CCSC(C)(C)C2)nc1C1CC1. The molecule has 1 saturated heterocycles. The van der Waals surface area contributed by atoms with Gasteiger partial charge in [-0.15, -0.1) is 11.3 Å². The lowest BCUT2D eigenvalue weighted by molar-refractivity contribution is 0.645. The first kappa shape index (κ1) is 14.7. The lowest BCUT2D eigenvalue weighted by atomic mass is 10.2. The predicted octanol–water partition coefficient (Wildman–Crippen LogP) is 3.46. The van der Waals surface area contributed by atoms with Gasteiger partial charge in [-0.05, 0) is 33.2 Å². The van der Waals surface area contributed by atoms with Gasteiger partial charge < -0.3 is 10.2 Å². The summed E-state index contributed by atoms with van der Waals surface area (Å²) in [7, 11) is 0. The molecule has 5 heteroatoms. The Hall–Kier alpha value is -0.260. The van der Waals surface area contributed by atoms with Crippen LogP contribution in [0.4, 0.5) is 5.13 Å².